The first-order chi connectivity index (χ1) is 22.0. The molecule has 1 aliphatic carbocycles. The van der Waals surface area contributed by atoms with Gasteiger partial charge in [0.2, 0.25) is 10.0 Å². The lowest BCUT2D eigenvalue weighted by molar-refractivity contribution is -0.117. The second kappa shape index (κ2) is 15.8. The van der Waals surface area contributed by atoms with Crippen LogP contribution in [0.4, 0.5) is 11.4 Å². The predicted molar refractivity (Wildman–Crippen MR) is 184 cm³/mol. The Morgan fingerprint density at radius 1 is 1.17 bits per heavy atom. The lowest BCUT2D eigenvalue weighted by Gasteiger charge is -2.35. The summed E-state index contributed by atoms with van der Waals surface area (Å²) in [5, 5.41) is 13.5. The average Bonchev–Trinajstić information content (AvgIpc) is 3.01. The molecule has 2 aliphatic rings. The number of allylic oxidation sites excluding steroid dienone is 2. The Kier molecular flexibility index (Phi) is 12.2. The molecule has 3 unspecified atom stereocenters. The molecule has 12 heteroatoms. The SMILES string of the molecule is CCCC1CC(=O)C2=C(C1)N=C(C)C(C#N)C2c1cc(Br)c(NCN(CCOC)C(=O)c2ccccc2)c(NS(=O)(=O)CCC)c1. The summed E-state index contributed by atoms with van der Waals surface area (Å²) in [5.74, 6) is -1.41. The summed E-state index contributed by atoms with van der Waals surface area (Å²) in [6, 6.07) is 14.8. The second-order valence-corrected chi connectivity index (χ2v) is 14.5. The van der Waals surface area contributed by atoms with Gasteiger partial charge in [-0.3, -0.25) is 19.3 Å². The Bertz CT molecular complexity index is 1650. The van der Waals surface area contributed by atoms with Crippen LogP contribution >= 0.6 is 15.9 Å². The van der Waals surface area contributed by atoms with Crippen LogP contribution in [0.15, 0.2) is 63.2 Å². The summed E-state index contributed by atoms with van der Waals surface area (Å²) in [4.78, 5) is 33.3. The van der Waals surface area contributed by atoms with Crippen molar-refractivity contribution in [3.63, 3.8) is 0 Å². The maximum absolute atomic E-state index is 13.6. The van der Waals surface area contributed by atoms with E-state index in [1.54, 1.807) is 49.3 Å². The van der Waals surface area contributed by atoms with Gasteiger partial charge in [-0.2, -0.15) is 5.26 Å². The highest BCUT2D eigenvalue weighted by molar-refractivity contribution is 9.10. The van der Waals surface area contributed by atoms with Crippen molar-refractivity contribution in [2.24, 2.45) is 16.8 Å². The average molecular weight is 713 g/mol. The van der Waals surface area contributed by atoms with Crippen LogP contribution in [0.5, 0.6) is 0 Å². The largest absolute Gasteiger partial charge is 0.383 e. The van der Waals surface area contributed by atoms with Crippen LogP contribution < -0.4 is 10.0 Å². The Labute approximate surface area is 280 Å². The molecule has 0 saturated carbocycles. The molecule has 46 heavy (non-hydrogen) atoms. The van der Waals surface area contributed by atoms with E-state index in [0.717, 1.165) is 18.5 Å². The van der Waals surface area contributed by atoms with E-state index in [1.807, 2.05) is 19.1 Å². The predicted octanol–water partition coefficient (Wildman–Crippen LogP) is 6.49. The number of anilines is 2. The van der Waals surface area contributed by atoms with Crippen molar-refractivity contribution < 1.29 is 22.7 Å². The Balaban J connectivity index is 1.77. The number of hydrogen-bond donors (Lipinski definition) is 2. The molecule has 0 bridgehead atoms. The number of rotatable bonds is 14. The molecule has 1 amide bonds. The van der Waals surface area contributed by atoms with E-state index in [2.05, 4.69) is 39.0 Å². The zero-order valence-electron chi connectivity index (χ0n) is 26.8. The van der Waals surface area contributed by atoms with Crippen LogP contribution in [0.25, 0.3) is 0 Å². The zero-order chi connectivity index (χ0) is 33.4. The number of methoxy groups -OCH3 is 1. The monoisotopic (exact) mass is 711 g/mol. The molecule has 0 spiro atoms. The number of Topliss-reactive ketones (excluding diaryl/α,β-unsaturated/α-hetero) is 1. The van der Waals surface area contributed by atoms with Crippen LogP contribution in [0.3, 0.4) is 0 Å². The van der Waals surface area contributed by atoms with Gasteiger partial charge in [0, 0.05) is 53.0 Å². The fourth-order valence-corrected chi connectivity index (χ4v) is 7.98. The lowest BCUT2D eigenvalue weighted by Crippen LogP contribution is -2.38. The minimum absolute atomic E-state index is 0.0131. The lowest BCUT2D eigenvalue weighted by atomic mass is 9.70. The highest BCUT2D eigenvalue weighted by Crippen LogP contribution is 2.47. The summed E-state index contributed by atoms with van der Waals surface area (Å²) < 4.78 is 34.7. The van der Waals surface area contributed by atoms with Crippen molar-refractivity contribution in [2.75, 3.05) is 42.7 Å². The zero-order valence-corrected chi connectivity index (χ0v) is 29.2. The maximum Gasteiger partial charge on any atom is 0.255 e. The van der Waals surface area contributed by atoms with Gasteiger partial charge in [-0.1, -0.05) is 38.5 Å². The number of carbonyl (C=O) groups is 2. The van der Waals surface area contributed by atoms with Crippen LogP contribution in [0.2, 0.25) is 0 Å². The Morgan fingerprint density at radius 3 is 2.57 bits per heavy atom. The first-order valence-electron chi connectivity index (χ1n) is 15.7. The molecule has 0 radical (unpaired) electrons. The second-order valence-electron chi connectivity index (χ2n) is 11.8. The summed E-state index contributed by atoms with van der Waals surface area (Å²) in [6.45, 7) is 6.35. The molecule has 10 nitrogen and oxygen atoms in total. The minimum atomic E-state index is -3.74. The molecule has 3 atom stereocenters. The smallest absolute Gasteiger partial charge is 0.255 e. The van der Waals surface area contributed by atoms with Crippen LogP contribution in [0.1, 0.15) is 74.7 Å². The number of amides is 1. The fraction of sp³-hybridized carbons (Fsp3) is 0.471. The third-order valence-electron chi connectivity index (χ3n) is 8.34. The number of nitrogens with one attached hydrogen (secondary N) is 2. The molecular weight excluding hydrogens is 670 g/mol. The number of hydrogen-bond acceptors (Lipinski definition) is 8. The van der Waals surface area contributed by atoms with Gasteiger partial charge in [-0.25, -0.2) is 8.42 Å². The quantitative estimate of drug-likeness (QED) is 0.214. The van der Waals surface area contributed by atoms with Gasteiger partial charge < -0.3 is 15.0 Å². The number of nitriles is 1. The molecule has 246 valence electrons. The number of ether oxygens (including phenoxy) is 1. The summed E-state index contributed by atoms with van der Waals surface area (Å²) in [6.07, 6.45) is 3.38. The van der Waals surface area contributed by atoms with Crippen molar-refractivity contribution in [3.8, 4) is 6.07 Å². The van der Waals surface area contributed by atoms with E-state index in [9.17, 15) is 23.3 Å². The third kappa shape index (κ3) is 8.24. The molecule has 2 aromatic rings. The van der Waals surface area contributed by atoms with Crippen molar-refractivity contribution in [1.82, 2.24) is 4.90 Å². The number of halogens is 1. The molecule has 0 saturated heterocycles. The summed E-state index contributed by atoms with van der Waals surface area (Å²) in [5.41, 5.74) is 3.71. The van der Waals surface area contributed by atoms with E-state index in [1.165, 1.54) is 0 Å². The number of benzene rings is 2. The van der Waals surface area contributed by atoms with Crippen molar-refractivity contribution >= 4 is 54.7 Å². The van der Waals surface area contributed by atoms with Crippen LogP contribution in [-0.4, -0.2) is 63.4 Å². The summed E-state index contributed by atoms with van der Waals surface area (Å²) >= 11 is 3.65. The van der Waals surface area contributed by atoms with Gasteiger partial charge in [0.25, 0.3) is 5.91 Å². The fourth-order valence-electron chi connectivity index (χ4n) is 6.22. The van der Waals surface area contributed by atoms with Gasteiger partial charge in [-0.15, -0.1) is 0 Å². The number of sulfonamides is 1. The number of nitrogens with zero attached hydrogens (tertiary/aromatic N) is 3. The highest BCUT2D eigenvalue weighted by atomic mass is 79.9. The van der Waals surface area contributed by atoms with E-state index >= 15 is 0 Å². The molecule has 2 N–H and O–H groups in total. The van der Waals surface area contributed by atoms with Crippen molar-refractivity contribution in [2.45, 2.75) is 58.8 Å². The number of aliphatic imine (C=N–C) groups is 1. The molecule has 4 rings (SSSR count). The van der Waals surface area contributed by atoms with E-state index in [4.69, 9.17) is 9.73 Å². The van der Waals surface area contributed by atoms with Crippen molar-refractivity contribution in [3.05, 3.63) is 69.3 Å². The first-order valence-corrected chi connectivity index (χ1v) is 18.1. The van der Waals surface area contributed by atoms with Crippen molar-refractivity contribution in [1.29, 1.82) is 5.26 Å². The summed E-state index contributed by atoms with van der Waals surface area (Å²) in [7, 11) is -2.18. The Morgan fingerprint density at radius 2 is 1.91 bits per heavy atom. The van der Waals surface area contributed by atoms with E-state index in [0.29, 0.717) is 65.0 Å². The standard InChI is InChI=1S/C34H42BrN5O5S/c1-5-10-23-16-28-32(30(41)17-23)31(26(20-36)22(3)38-28)25-18-27(35)33(29(19-25)39-46(43,44)15-6-2)37-21-40(13-14-45-4)34(42)24-11-8-7-9-12-24/h7-9,11-12,18-19,23,26,31,37,39H,5-6,10,13-17,21H2,1-4H3. The van der Waals surface area contributed by atoms with Gasteiger partial charge >= 0.3 is 0 Å². The van der Waals surface area contributed by atoms with E-state index in [-0.39, 0.29) is 35.7 Å². The van der Waals surface area contributed by atoms with Gasteiger partial charge in [0.15, 0.2) is 5.78 Å². The van der Waals surface area contributed by atoms with Crippen LogP contribution in [0, 0.1) is 23.2 Å². The van der Waals surface area contributed by atoms with Gasteiger partial charge in [0.05, 0.1) is 42.4 Å². The molecular formula is C34H42BrN5O5S. The maximum atomic E-state index is 13.6. The normalized spacial score (nSPS) is 19.6. The minimum Gasteiger partial charge on any atom is -0.383 e. The molecule has 0 fully saturated rings. The third-order valence-corrected chi connectivity index (χ3v) is 10.4. The first kappa shape index (κ1) is 35.3. The van der Waals surface area contributed by atoms with E-state index < -0.39 is 21.9 Å². The Hall–Kier alpha value is -3.53. The topological polar surface area (TPSA) is 141 Å². The molecule has 2 aromatic carbocycles. The number of ketones is 1. The number of carbonyl (C=O) groups excluding carboxylic acids is 2. The molecule has 0 aromatic heterocycles. The van der Waals surface area contributed by atoms with Crippen LogP contribution in [-0.2, 0) is 19.6 Å². The molecule has 1 heterocycles. The van der Waals surface area contributed by atoms with Gasteiger partial charge in [-0.05, 0) is 77.9 Å². The van der Waals surface area contributed by atoms with Gasteiger partial charge in [0.1, 0.15) is 0 Å². The highest BCUT2D eigenvalue weighted by Gasteiger charge is 2.41. The molecule has 1 aliphatic heterocycles.